The lowest BCUT2D eigenvalue weighted by Crippen LogP contribution is -3.13. The lowest BCUT2D eigenvalue weighted by Gasteiger charge is -2.36. The number of anilines is 1. The minimum Gasteiger partial charge on any atom is -0.497 e. The number of hydrogen-bond donors (Lipinski definition) is 1. The van der Waals surface area contributed by atoms with Crippen molar-refractivity contribution in [3.8, 4) is 5.75 Å². The van der Waals surface area contributed by atoms with Crippen LogP contribution in [0.2, 0.25) is 0 Å². The Morgan fingerprint density at radius 3 is 2.34 bits per heavy atom. The number of ether oxygens (including phenoxy) is 1. The van der Waals surface area contributed by atoms with Crippen molar-refractivity contribution in [3.05, 3.63) is 66.2 Å². The van der Waals surface area contributed by atoms with Crippen LogP contribution in [0.25, 0.3) is 5.57 Å². The number of benzene rings is 2. The van der Waals surface area contributed by atoms with E-state index in [1.54, 1.807) is 7.11 Å². The molecular weight excluding hydrogens is 362 g/mol. The molecule has 29 heavy (non-hydrogen) atoms. The number of hydrogen-bond acceptors (Lipinski definition) is 3. The van der Waals surface area contributed by atoms with E-state index < -0.39 is 0 Å². The third kappa shape index (κ3) is 4.80. The second kappa shape index (κ2) is 9.14. The summed E-state index contributed by atoms with van der Waals surface area (Å²) in [6, 6.07) is 18.7. The number of amides is 1. The molecule has 0 bridgehead atoms. The molecule has 0 aliphatic carbocycles. The summed E-state index contributed by atoms with van der Waals surface area (Å²) in [5, 5.41) is 0. The number of nitrogens with one attached hydrogen (secondary N) is 1. The fraction of sp³-hybridized carbons (Fsp3) is 0.375. The molecule has 5 heteroatoms. The first-order chi connectivity index (χ1) is 14.2. The fourth-order valence-electron chi connectivity index (χ4n) is 4.19. The Labute approximate surface area is 173 Å². The fourth-order valence-corrected chi connectivity index (χ4v) is 4.19. The maximum absolute atomic E-state index is 12.8. The van der Waals surface area contributed by atoms with Crippen molar-refractivity contribution < 1.29 is 14.4 Å². The second-order valence-electron chi connectivity index (χ2n) is 7.79. The topological polar surface area (TPSA) is 37.2 Å². The SMILES string of the molecule is COc1ccc(N2CCN(C(=O)C[NH+]3CC=C(c4ccccc4)CC3)CC2)cc1. The van der Waals surface area contributed by atoms with Crippen molar-refractivity contribution >= 4 is 17.2 Å². The van der Waals surface area contributed by atoms with Crippen molar-refractivity contribution in [1.82, 2.24) is 4.90 Å². The predicted octanol–water partition coefficient (Wildman–Crippen LogP) is 1.72. The van der Waals surface area contributed by atoms with Crippen molar-refractivity contribution in [1.29, 1.82) is 0 Å². The maximum atomic E-state index is 12.8. The van der Waals surface area contributed by atoms with Crippen molar-refractivity contribution in [3.63, 3.8) is 0 Å². The summed E-state index contributed by atoms with van der Waals surface area (Å²) in [6.45, 7) is 5.91. The van der Waals surface area contributed by atoms with Gasteiger partial charge in [-0.05, 0) is 41.5 Å². The molecule has 0 aromatic heterocycles. The molecule has 0 radical (unpaired) electrons. The highest BCUT2D eigenvalue weighted by Gasteiger charge is 2.25. The second-order valence-corrected chi connectivity index (χ2v) is 7.79. The summed E-state index contributed by atoms with van der Waals surface area (Å²) in [4.78, 5) is 18.5. The molecule has 2 aromatic carbocycles. The monoisotopic (exact) mass is 392 g/mol. The normalized spacial score (nSPS) is 19.6. The summed E-state index contributed by atoms with van der Waals surface area (Å²) in [5.41, 5.74) is 3.92. The average molecular weight is 393 g/mol. The van der Waals surface area contributed by atoms with E-state index >= 15 is 0 Å². The first-order valence-corrected chi connectivity index (χ1v) is 10.5. The van der Waals surface area contributed by atoms with Gasteiger partial charge in [0.15, 0.2) is 6.54 Å². The third-order valence-corrected chi connectivity index (χ3v) is 6.00. The molecule has 1 saturated heterocycles. The highest BCUT2D eigenvalue weighted by molar-refractivity contribution is 5.77. The van der Waals surface area contributed by atoms with Crippen LogP contribution in [0.4, 0.5) is 5.69 Å². The Hall–Kier alpha value is -2.79. The molecule has 4 rings (SSSR count). The van der Waals surface area contributed by atoms with Crippen LogP contribution < -0.4 is 14.5 Å². The van der Waals surface area contributed by atoms with Crippen molar-refractivity contribution in [2.24, 2.45) is 0 Å². The van der Waals surface area contributed by atoms with Gasteiger partial charge in [-0.1, -0.05) is 30.3 Å². The van der Waals surface area contributed by atoms with Gasteiger partial charge in [0, 0.05) is 38.3 Å². The molecule has 1 amide bonds. The van der Waals surface area contributed by atoms with E-state index in [0.717, 1.165) is 51.4 Å². The first-order valence-electron chi connectivity index (χ1n) is 10.5. The smallest absolute Gasteiger partial charge is 0.277 e. The first kappa shape index (κ1) is 19.5. The summed E-state index contributed by atoms with van der Waals surface area (Å²) >= 11 is 0. The Morgan fingerprint density at radius 2 is 1.72 bits per heavy atom. The highest BCUT2D eigenvalue weighted by Crippen LogP contribution is 2.20. The summed E-state index contributed by atoms with van der Waals surface area (Å²) in [6.07, 6.45) is 3.35. The standard InChI is InChI=1S/C24H29N3O2/c1-29-23-9-7-22(8-10-23)26-15-17-27(18-16-26)24(28)19-25-13-11-21(12-14-25)20-5-3-2-4-6-20/h2-11H,12-19H2,1H3/p+1. The van der Waals surface area contributed by atoms with E-state index in [0.29, 0.717) is 6.54 Å². The molecule has 0 spiro atoms. The van der Waals surface area contributed by atoms with E-state index in [1.165, 1.54) is 21.7 Å². The molecule has 1 fully saturated rings. The molecule has 2 heterocycles. The predicted molar refractivity (Wildman–Crippen MR) is 116 cm³/mol. The minimum absolute atomic E-state index is 0.283. The summed E-state index contributed by atoms with van der Waals surface area (Å²) in [7, 11) is 1.68. The summed E-state index contributed by atoms with van der Waals surface area (Å²) in [5.74, 6) is 1.16. The van der Waals surface area contributed by atoms with Gasteiger partial charge in [-0.3, -0.25) is 4.79 Å². The number of carbonyl (C=O) groups excluding carboxylic acids is 1. The van der Waals surface area contributed by atoms with Crippen LogP contribution in [-0.2, 0) is 4.79 Å². The molecule has 1 N–H and O–H groups in total. The zero-order valence-electron chi connectivity index (χ0n) is 17.1. The van der Waals surface area contributed by atoms with Gasteiger partial charge >= 0.3 is 0 Å². The van der Waals surface area contributed by atoms with Crippen LogP contribution in [0.15, 0.2) is 60.7 Å². The molecule has 2 aliphatic heterocycles. The van der Waals surface area contributed by atoms with E-state index in [4.69, 9.17) is 4.74 Å². The van der Waals surface area contributed by atoms with Crippen LogP contribution in [0, 0.1) is 0 Å². The number of rotatable bonds is 5. The largest absolute Gasteiger partial charge is 0.497 e. The average Bonchev–Trinajstić information content (AvgIpc) is 2.80. The van der Waals surface area contributed by atoms with Gasteiger partial charge in [0.1, 0.15) is 5.75 Å². The Morgan fingerprint density at radius 1 is 1.00 bits per heavy atom. The van der Waals surface area contributed by atoms with Gasteiger partial charge in [0.05, 0.1) is 20.2 Å². The van der Waals surface area contributed by atoms with Gasteiger partial charge in [0.2, 0.25) is 0 Å². The van der Waals surface area contributed by atoms with Gasteiger partial charge < -0.3 is 19.4 Å². The highest BCUT2D eigenvalue weighted by atomic mass is 16.5. The van der Waals surface area contributed by atoms with E-state index in [2.05, 4.69) is 53.4 Å². The molecule has 1 unspecified atom stereocenters. The zero-order valence-corrected chi connectivity index (χ0v) is 17.1. The van der Waals surface area contributed by atoms with Crippen LogP contribution in [-0.4, -0.2) is 63.7 Å². The molecule has 152 valence electrons. The van der Waals surface area contributed by atoms with Gasteiger partial charge in [-0.25, -0.2) is 0 Å². The number of nitrogens with zero attached hydrogens (tertiary/aromatic N) is 2. The number of methoxy groups -OCH3 is 1. The zero-order chi connectivity index (χ0) is 20.1. The number of carbonyl (C=O) groups is 1. The Balaban J connectivity index is 1.25. The van der Waals surface area contributed by atoms with E-state index in [-0.39, 0.29) is 5.91 Å². The minimum atomic E-state index is 0.283. The molecular formula is C24H30N3O2+. The Kier molecular flexibility index (Phi) is 6.15. The van der Waals surface area contributed by atoms with Crippen LogP contribution >= 0.6 is 0 Å². The number of piperazine rings is 1. The molecule has 2 aliphatic rings. The van der Waals surface area contributed by atoms with E-state index in [9.17, 15) is 4.79 Å². The van der Waals surface area contributed by atoms with Crippen LogP contribution in [0.3, 0.4) is 0 Å². The molecule has 2 aromatic rings. The van der Waals surface area contributed by atoms with Crippen molar-refractivity contribution in [2.75, 3.05) is 57.8 Å². The third-order valence-electron chi connectivity index (χ3n) is 6.00. The molecule has 5 nitrogen and oxygen atoms in total. The van der Waals surface area contributed by atoms with Crippen molar-refractivity contribution in [2.45, 2.75) is 6.42 Å². The van der Waals surface area contributed by atoms with Gasteiger partial charge in [0.25, 0.3) is 5.91 Å². The van der Waals surface area contributed by atoms with Gasteiger partial charge in [-0.15, -0.1) is 0 Å². The molecule has 1 atom stereocenters. The van der Waals surface area contributed by atoms with Crippen LogP contribution in [0.1, 0.15) is 12.0 Å². The summed E-state index contributed by atoms with van der Waals surface area (Å²) < 4.78 is 5.23. The lowest BCUT2D eigenvalue weighted by molar-refractivity contribution is -0.887. The number of quaternary nitrogens is 1. The van der Waals surface area contributed by atoms with E-state index in [1.807, 2.05) is 17.0 Å². The van der Waals surface area contributed by atoms with Crippen LogP contribution in [0.5, 0.6) is 5.75 Å². The molecule has 0 saturated carbocycles. The van der Waals surface area contributed by atoms with Gasteiger partial charge in [-0.2, -0.15) is 0 Å². The quantitative estimate of drug-likeness (QED) is 0.842. The lowest BCUT2D eigenvalue weighted by atomic mass is 9.99. The Bertz CT molecular complexity index is 840. The maximum Gasteiger partial charge on any atom is 0.277 e.